The first kappa shape index (κ1) is 16.8. The van der Waals surface area contributed by atoms with Crippen molar-refractivity contribution in [2.45, 2.75) is 0 Å². The Morgan fingerprint density at radius 2 is 1.37 bits per heavy atom. The van der Waals surface area contributed by atoms with Crippen LogP contribution in [0, 0.1) is 0 Å². The Labute approximate surface area is 172 Å². The number of rotatable bonds is 3. The molecule has 6 aromatic rings. The number of nitrogens with zero attached hydrogens (tertiary/aromatic N) is 1. The van der Waals surface area contributed by atoms with E-state index in [1.54, 1.807) is 12.3 Å². The van der Waals surface area contributed by atoms with Gasteiger partial charge in [0.1, 0.15) is 22.3 Å². The third kappa shape index (κ3) is 2.29. The van der Waals surface area contributed by atoms with Crippen molar-refractivity contribution in [1.82, 2.24) is 4.98 Å². The highest BCUT2D eigenvalue weighted by atomic mass is 16.3. The third-order valence-electron chi connectivity index (χ3n) is 5.63. The fraction of sp³-hybridized carbons (Fsp3) is 0. The maximum atomic E-state index is 6.35. The van der Waals surface area contributed by atoms with Gasteiger partial charge in [-0.1, -0.05) is 55.6 Å². The van der Waals surface area contributed by atoms with Crippen LogP contribution in [0.25, 0.3) is 60.6 Å². The van der Waals surface area contributed by atoms with E-state index in [0.717, 1.165) is 66.3 Å². The van der Waals surface area contributed by atoms with Crippen molar-refractivity contribution in [3.63, 3.8) is 0 Å². The predicted octanol–water partition coefficient (Wildman–Crippen LogP) is 7.75. The molecule has 3 aromatic heterocycles. The number of aromatic nitrogens is 1. The molecular formula is C27H17NO2. The van der Waals surface area contributed by atoms with E-state index in [1.807, 2.05) is 48.5 Å². The van der Waals surface area contributed by atoms with Crippen LogP contribution in [-0.2, 0) is 0 Å². The topological polar surface area (TPSA) is 39.2 Å². The standard InChI is InChI=1S/C27H17NO2/c1-3-16(2)22-14-17(12-13-28-22)25-26-20(18-8-4-6-10-23(18)29-26)15-21-19-9-5-7-11-24(19)30-27(21)25/h3-15H,1-2H2. The highest BCUT2D eigenvalue weighted by Gasteiger charge is 2.21. The summed E-state index contributed by atoms with van der Waals surface area (Å²) in [5, 5.41) is 4.32. The van der Waals surface area contributed by atoms with E-state index in [9.17, 15) is 0 Å². The van der Waals surface area contributed by atoms with Gasteiger partial charge in [0, 0.05) is 27.7 Å². The fourth-order valence-electron chi connectivity index (χ4n) is 4.16. The summed E-state index contributed by atoms with van der Waals surface area (Å²) in [6.07, 6.45) is 3.50. The molecule has 0 spiro atoms. The summed E-state index contributed by atoms with van der Waals surface area (Å²) < 4.78 is 12.7. The fourth-order valence-corrected chi connectivity index (χ4v) is 4.16. The lowest BCUT2D eigenvalue weighted by molar-refractivity contribution is 0.658. The van der Waals surface area contributed by atoms with Crippen LogP contribution >= 0.6 is 0 Å². The van der Waals surface area contributed by atoms with Crippen LogP contribution in [0.5, 0.6) is 0 Å². The number of hydrogen-bond donors (Lipinski definition) is 0. The first-order valence-electron chi connectivity index (χ1n) is 9.78. The Morgan fingerprint density at radius 3 is 1.97 bits per heavy atom. The van der Waals surface area contributed by atoms with Crippen LogP contribution in [0.4, 0.5) is 0 Å². The molecule has 6 rings (SSSR count). The average Bonchev–Trinajstić information content (AvgIpc) is 3.35. The Balaban J connectivity index is 1.82. The molecule has 0 radical (unpaired) electrons. The molecular weight excluding hydrogens is 370 g/mol. The van der Waals surface area contributed by atoms with Crippen LogP contribution in [0.1, 0.15) is 5.69 Å². The van der Waals surface area contributed by atoms with Crippen molar-refractivity contribution >= 4 is 49.5 Å². The van der Waals surface area contributed by atoms with Gasteiger partial charge < -0.3 is 8.83 Å². The van der Waals surface area contributed by atoms with Crippen molar-refractivity contribution < 1.29 is 8.83 Å². The Bertz CT molecular complexity index is 1540. The Hall–Kier alpha value is -4.11. The van der Waals surface area contributed by atoms with E-state index in [4.69, 9.17) is 8.83 Å². The highest BCUT2D eigenvalue weighted by Crippen LogP contribution is 2.44. The van der Waals surface area contributed by atoms with E-state index >= 15 is 0 Å². The molecule has 0 aliphatic carbocycles. The molecule has 0 saturated heterocycles. The van der Waals surface area contributed by atoms with Crippen molar-refractivity contribution in [2.24, 2.45) is 0 Å². The third-order valence-corrected chi connectivity index (χ3v) is 5.63. The lowest BCUT2D eigenvalue weighted by Gasteiger charge is -2.07. The summed E-state index contributed by atoms with van der Waals surface area (Å²) >= 11 is 0. The first-order valence-corrected chi connectivity index (χ1v) is 9.78. The van der Waals surface area contributed by atoms with Crippen LogP contribution in [0.3, 0.4) is 0 Å². The van der Waals surface area contributed by atoms with E-state index < -0.39 is 0 Å². The summed E-state index contributed by atoms with van der Waals surface area (Å²) in [6.45, 7) is 7.87. The maximum absolute atomic E-state index is 6.35. The second-order valence-electron chi connectivity index (χ2n) is 7.36. The Morgan fingerprint density at radius 1 is 0.767 bits per heavy atom. The molecule has 3 heteroatoms. The number of hydrogen-bond acceptors (Lipinski definition) is 3. The molecule has 0 aliphatic heterocycles. The van der Waals surface area contributed by atoms with Crippen LogP contribution in [0.2, 0.25) is 0 Å². The van der Waals surface area contributed by atoms with Gasteiger partial charge in [0.05, 0.1) is 11.3 Å². The molecule has 0 aliphatic rings. The highest BCUT2D eigenvalue weighted by molar-refractivity contribution is 6.21. The minimum absolute atomic E-state index is 0.773. The quantitative estimate of drug-likeness (QED) is 0.291. The number of pyridine rings is 1. The molecule has 0 atom stereocenters. The SMILES string of the molecule is C=CC(=C)c1cc(-c2c3oc4ccccc4c3cc3c2oc2ccccc23)ccn1. The van der Waals surface area contributed by atoms with Gasteiger partial charge in [0.15, 0.2) is 0 Å². The second-order valence-corrected chi connectivity index (χ2v) is 7.36. The summed E-state index contributed by atoms with van der Waals surface area (Å²) in [6, 6.07) is 22.4. The van der Waals surface area contributed by atoms with Gasteiger partial charge in [-0.15, -0.1) is 0 Å². The minimum Gasteiger partial charge on any atom is -0.455 e. The van der Waals surface area contributed by atoms with Crippen LogP contribution in [-0.4, -0.2) is 4.98 Å². The zero-order chi connectivity index (χ0) is 20.2. The number of allylic oxidation sites excluding steroid dienone is 2. The Kier molecular flexibility index (Phi) is 3.47. The van der Waals surface area contributed by atoms with Gasteiger partial charge >= 0.3 is 0 Å². The van der Waals surface area contributed by atoms with E-state index in [0.29, 0.717) is 0 Å². The molecule has 0 saturated carbocycles. The van der Waals surface area contributed by atoms with Crippen LogP contribution in [0.15, 0.2) is 101 Å². The predicted molar refractivity (Wildman–Crippen MR) is 123 cm³/mol. The molecule has 3 heterocycles. The average molecular weight is 387 g/mol. The second kappa shape index (κ2) is 6.19. The first-order chi connectivity index (χ1) is 14.7. The summed E-state index contributed by atoms with van der Waals surface area (Å²) in [5.41, 5.74) is 6.78. The van der Waals surface area contributed by atoms with Crippen molar-refractivity contribution in [2.75, 3.05) is 0 Å². The number of furan rings is 2. The molecule has 0 N–H and O–H groups in total. The van der Waals surface area contributed by atoms with Gasteiger partial charge in [-0.3, -0.25) is 4.98 Å². The number of para-hydroxylation sites is 2. The van der Waals surface area contributed by atoms with Crippen molar-refractivity contribution in [1.29, 1.82) is 0 Å². The molecule has 0 bridgehead atoms. The monoisotopic (exact) mass is 387 g/mol. The van der Waals surface area contributed by atoms with Gasteiger partial charge in [-0.25, -0.2) is 0 Å². The zero-order valence-corrected chi connectivity index (χ0v) is 16.2. The van der Waals surface area contributed by atoms with E-state index in [-0.39, 0.29) is 0 Å². The smallest absolute Gasteiger partial charge is 0.147 e. The van der Waals surface area contributed by atoms with E-state index in [2.05, 4.69) is 36.3 Å². The maximum Gasteiger partial charge on any atom is 0.147 e. The van der Waals surface area contributed by atoms with Gasteiger partial charge in [0.25, 0.3) is 0 Å². The van der Waals surface area contributed by atoms with Gasteiger partial charge in [0.2, 0.25) is 0 Å². The number of fused-ring (bicyclic) bond motifs is 6. The lowest BCUT2D eigenvalue weighted by atomic mass is 9.98. The number of benzene rings is 3. The summed E-state index contributed by atoms with van der Waals surface area (Å²) in [7, 11) is 0. The van der Waals surface area contributed by atoms with E-state index in [1.165, 1.54) is 0 Å². The molecule has 3 aromatic carbocycles. The van der Waals surface area contributed by atoms with Gasteiger partial charge in [-0.2, -0.15) is 0 Å². The summed E-state index contributed by atoms with van der Waals surface area (Å²) in [4.78, 5) is 4.45. The molecule has 0 unspecified atom stereocenters. The summed E-state index contributed by atoms with van der Waals surface area (Å²) in [5.74, 6) is 0. The molecule has 0 amide bonds. The van der Waals surface area contributed by atoms with Crippen molar-refractivity contribution in [3.05, 3.63) is 97.9 Å². The normalized spacial score (nSPS) is 11.6. The van der Waals surface area contributed by atoms with Gasteiger partial charge in [-0.05, 0) is 41.5 Å². The largest absolute Gasteiger partial charge is 0.455 e. The van der Waals surface area contributed by atoms with Crippen LogP contribution < -0.4 is 0 Å². The molecule has 0 fully saturated rings. The lowest BCUT2D eigenvalue weighted by Crippen LogP contribution is -1.88. The molecule has 142 valence electrons. The van der Waals surface area contributed by atoms with Crippen molar-refractivity contribution in [3.8, 4) is 11.1 Å². The zero-order valence-electron chi connectivity index (χ0n) is 16.2. The molecule has 3 nitrogen and oxygen atoms in total. The minimum atomic E-state index is 0.773. The molecule has 30 heavy (non-hydrogen) atoms.